The first-order valence-corrected chi connectivity index (χ1v) is 7.10. The highest BCUT2D eigenvalue weighted by molar-refractivity contribution is 5.83. The van der Waals surface area contributed by atoms with Crippen LogP contribution in [0.5, 0.6) is 0 Å². The van der Waals surface area contributed by atoms with Crippen molar-refractivity contribution < 1.29 is 24.9 Å². The zero-order chi connectivity index (χ0) is 14.7. The second kappa shape index (κ2) is 6.41. The number of carbonyl (C=O) groups is 2. The van der Waals surface area contributed by atoms with Crippen molar-refractivity contribution in [1.82, 2.24) is 9.80 Å². The fourth-order valence-electron chi connectivity index (χ4n) is 3.10. The lowest BCUT2D eigenvalue weighted by molar-refractivity contribution is -0.141. The van der Waals surface area contributed by atoms with Crippen molar-refractivity contribution in [2.45, 2.75) is 37.8 Å². The third-order valence-electron chi connectivity index (χ3n) is 4.14. The van der Waals surface area contributed by atoms with E-state index in [0.717, 1.165) is 12.8 Å². The Balaban J connectivity index is 2.00. The lowest BCUT2D eigenvalue weighted by atomic mass is 9.95. The van der Waals surface area contributed by atoms with Crippen molar-refractivity contribution in [1.29, 1.82) is 0 Å². The van der Waals surface area contributed by atoms with Crippen LogP contribution in [0, 0.1) is 5.92 Å². The third kappa shape index (κ3) is 3.21. The van der Waals surface area contributed by atoms with Crippen LogP contribution in [0.2, 0.25) is 0 Å². The fourth-order valence-corrected chi connectivity index (χ4v) is 3.10. The minimum atomic E-state index is -1.07. The van der Waals surface area contributed by atoms with Crippen molar-refractivity contribution >= 4 is 12.0 Å². The number of urea groups is 1. The van der Waals surface area contributed by atoms with Gasteiger partial charge in [-0.1, -0.05) is 0 Å². The number of hydrogen-bond donors (Lipinski definition) is 3. The molecule has 0 aromatic heterocycles. The van der Waals surface area contributed by atoms with Crippen LogP contribution in [0.1, 0.15) is 25.7 Å². The Morgan fingerprint density at radius 3 is 2.65 bits per heavy atom. The smallest absolute Gasteiger partial charge is 0.326 e. The van der Waals surface area contributed by atoms with Gasteiger partial charge in [0.2, 0.25) is 0 Å². The molecule has 20 heavy (non-hydrogen) atoms. The molecule has 2 aliphatic rings. The average molecular weight is 286 g/mol. The molecular weight excluding hydrogens is 264 g/mol. The second-order valence-corrected chi connectivity index (χ2v) is 5.65. The van der Waals surface area contributed by atoms with Crippen LogP contribution in [-0.2, 0) is 4.79 Å². The summed E-state index contributed by atoms with van der Waals surface area (Å²) in [5.41, 5.74) is 0. The van der Waals surface area contributed by atoms with Crippen molar-refractivity contribution in [3.63, 3.8) is 0 Å². The normalized spacial score (nSPS) is 30.6. The summed E-state index contributed by atoms with van der Waals surface area (Å²) >= 11 is 0. The third-order valence-corrected chi connectivity index (χ3v) is 4.14. The number of likely N-dealkylation sites (tertiary alicyclic amines) is 2. The summed E-state index contributed by atoms with van der Waals surface area (Å²) in [6.45, 7) is 1.35. The highest BCUT2D eigenvalue weighted by atomic mass is 16.4. The van der Waals surface area contributed by atoms with Crippen LogP contribution >= 0.6 is 0 Å². The van der Waals surface area contributed by atoms with Crippen molar-refractivity contribution in [3.05, 3.63) is 0 Å². The van der Waals surface area contributed by atoms with Crippen LogP contribution < -0.4 is 0 Å². The molecule has 2 aliphatic heterocycles. The average Bonchev–Trinajstić information content (AvgIpc) is 2.81. The summed E-state index contributed by atoms with van der Waals surface area (Å²) in [6, 6.07) is -1.24. The van der Waals surface area contributed by atoms with Gasteiger partial charge in [0.05, 0.1) is 6.10 Å². The number of piperidine rings is 1. The minimum absolute atomic E-state index is 0.0803. The highest BCUT2D eigenvalue weighted by Crippen LogP contribution is 2.24. The van der Waals surface area contributed by atoms with E-state index >= 15 is 0 Å². The van der Waals surface area contributed by atoms with Gasteiger partial charge in [0.1, 0.15) is 6.04 Å². The predicted octanol–water partition coefficient (Wildman–Crippen LogP) is -0.279. The number of carbonyl (C=O) groups excluding carboxylic acids is 1. The van der Waals surface area contributed by atoms with Crippen molar-refractivity contribution in [2.75, 3.05) is 26.2 Å². The lowest BCUT2D eigenvalue weighted by Gasteiger charge is -2.36. The molecule has 2 rings (SSSR count). The van der Waals surface area contributed by atoms with Crippen LogP contribution in [0.3, 0.4) is 0 Å². The Bertz CT molecular complexity index is 374. The molecule has 1 unspecified atom stereocenters. The molecule has 7 nitrogen and oxygen atoms in total. The number of amides is 2. The van der Waals surface area contributed by atoms with E-state index in [-0.39, 0.29) is 31.5 Å². The van der Waals surface area contributed by atoms with E-state index in [1.165, 1.54) is 4.90 Å². The number of rotatable bonds is 3. The zero-order valence-corrected chi connectivity index (χ0v) is 11.4. The summed E-state index contributed by atoms with van der Waals surface area (Å²) in [7, 11) is 0. The van der Waals surface area contributed by atoms with Gasteiger partial charge in [-0.25, -0.2) is 9.59 Å². The first-order chi connectivity index (χ1) is 9.52. The Kier molecular flexibility index (Phi) is 4.82. The topological polar surface area (TPSA) is 101 Å². The predicted molar refractivity (Wildman–Crippen MR) is 70.1 cm³/mol. The molecule has 3 N–H and O–H groups in total. The number of nitrogens with zero attached hydrogens (tertiary/aromatic N) is 2. The molecule has 0 spiro atoms. The largest absolute Gasteiger partial charge is 0.480 e. The molecular formula is C13H22N2O5. The van der Waals surface area contributed by atoms with Gasteiger partial charge in [-0.05, 0) is 25.2 Å². The number of aliphatic carboxylic acids is 1. The quantitative estimate of drug-likeness (QED) is 0.662. The van der Waals surface area contributed by atoms with Crippen LogP contribution in [-0.4, -0.2) is 75.5 Å². The Labute approximate surface area is 117 Å². The van der Waals surface area contributed by atoms with Gasteiger partial charge in [0.25, 0.3) is 0 Å². The van der Waals surface area contributed by atoms with E-state index in [9.17, 15) is 14.7 Å². The van der Waals surface area contributed by atoms with Gasteiger partial charge < -0.3 is 25.1 Å². The molecule has 0 aromatic carbocycles. The summed E-state index contributed by atoms with van der Waals surface area (Å²) < 4.78 is 0. The highest BCUT2D eigenvalue weighted by Gasteiger charge is 2.41. The van der Waals surface area contributed by atoms with E-state index in [2.05, 4.69) is 0 Å². The maximum absolute atomic E-state index is 12.4. The number of aliphatic hydroxyl groups excluding tert-OH is 2. The number of carboxylic acid groups (broad SMARTS) is 1. The van der Waals surface area contributed by atoms with E-state index in [0.29, 0.717) is 19.5 Å². The van der Waals surface area contributed by atoms with Gasteiger partial charge in [-0.15, -0.1) is 0 Å². The summed E-state index contributed by atoms with van der Waals surface area (Å²) in [6.07, 6.45) is 1.84. The molecule has 114 valence electrons. The van der Waals surface area contributed by atoms with Gasteiger partial charge >= 0.3 is 12.0 Å². The minimum Gasteiger partial charge on any atom is -0.480 e. The molecule has 2 saturated heterocycles. The molecule has 0 aliphatic carbocycles. The van der Waals surface area contributed by atoms with E-state index in [1.807, 2.05) is 0 Å². The van der Waals surface area contributed by atoms with E-state index < -0.39 is 18.1 Å². The maximum atomic E-state index is 12.4. The van der Waals surface area contributed by atoms with Crippen LogP contribution in [0.25, 0.3) is 0 Å². The van der Waals surface area contributed by atoms with Crippen LogP contribution in [0.15, 0.2) is 0 Å². The van der Waals surface area contributed by atoms with Gasteiger partial charge in [0, 0.05) is 32.7 Å². The van der Waals surface area contributed by atoms with Crippen molar-refractivity contribution in [2.24, 2.45) is 5.92 Å². The number of β-amino-alcohol motifs (C(OH)–C–C–N with tert-alkyl or cyclic N) is 1. The first kappa shape index (κ1) is 15.1. The number of aliphatic hydroxyl groups is 2. The Hall–Kier alpha value is -1.34. The summed E-state index contributed by atoms with van der Waals surface area (Å²) in [5, 5.41) is 27.7. The molecule has 0 radical (unpaired) electrons. The van der Waals surface area contributed by atoms with E-state index in [4.69, 9.17) is 10.2 Å². The molecule has 7 heteroatoms. The molecule has 2 amide bonds. The maximum Gasteiger partial charge on any atom is 0.326 e. The summed E-state index contributed by atoms with van der Waals surface area (Å²) in [4.78, 5) is 26.5. The van der Waals surface area contributed by atoms with Crippen LogP contribution in [0.4, 0.5) is 4.79 Å². The fraction of sp³-hybridized carbons (Fsp3) is 0.846. The van der Waals surface area contributed by atoms with Gasteiger partial charge in [-0.3, -0.25) is 0 Å². The molecule has 3 atom stereocenters. The zero-order valence-electron chi connectivity index (χ0n) is 11.4. The van der Waals surface area contributed by atoms with Gasteiger partial charge in [-0.2, -0.15) is 0 Å². The Morgan fingerprint density at radius 1 is 1.25 bits per heavy atom. The molecule has 0 bridgehead atoms. The molecule has 2 heterocycles. The monoisotopic (exact) mass is 286 g/mol. The standard InChI is InChI=1S/C13H22N2O5/c16-5-3-9-2-1-4-14(7-9)13(20)15-8-10(17)6-11(15)12(18)19/h9-11,16-17H,1-8H2,(H,18,19)/t9?,10-,11+/m1/s1. The lowest BCUT2D eigenvalue weighted by Crippen LogP contribution is -2.51. The number of carboxylic acids is 1. The molecule has 0 aromatic rings. The number of hydrogen-bond acceptors (Lipinski definition) is 4. The van der Waals surface area contributed by atoms with Gasteiger partial charge in [0.15, 0.2) is 0 Å². The second-order valence-electron chi connectivity index (χ2n) is 5.65. The Morgan fingerprint density at radius 2 is 2.00 bits per heavy atom. The summed E-state index contributed by atoms with van der Waals surface area (Å²) in [5.74, 6) is -0.799. The molecule has 0 saturated carbocycles. The van der Waals surface area contributed by atoms with E-state index in [1.54, 1.807) is 4.90 Å². The SMILES string of the molecule is O=C(O)[C@@H]1C[C@@H](O)CN1C(=O)N1CCCC(CCO)C1. The molecule has 2 fully saturated rings. The first-order valence-electron chi connectivity index (χ1n) is 7.10. The van der Waals surface area contributed by atoms with Crippen molar-refractivity contribution in [3.8, 4) is 0 Å².